The first-order chi connectivity index (χ1) is 15.0. The predicted molar refractivity (Wildman–Crippen MR) is 132 cm³/mol. The van der Waals surface area contributed by atoms with Crippen LogP contribution in [-0.2, 0) is 0 Å². The highest BCUT2D eigenvalue weighted by Gasteiger charge is 2.21. The molecule has 0 amide bonds. The molecule has 164 valence electrons. The Morgan fingerprint density at radius 2 is 1.29 bits per heavy atom. The highest BCUT2D eigenvalue weighted by molar-refractivity contribution is 6.19. The standard InChI is InChI=1S/C27H34ClN3/c1-19-11-12-20(2)30(19)26-17-24(18-27(29-26)31-21(3)13-14-22(31)4)25(15-16-28)23-9-7-5-6-8-10-23/h11-15,17-18,23H,5-10,16H2,1-4H3/b25-15-. The summed E-state index contributed by atoms with van der Waals surface area (Å²) in [6.45, 7) is 8.59. The molecule has 1 aliphatic carbocycles. The van der Waals surface area contributed by atoms with Crippen LogP contribution in [-0.4, -0.2) is 20.0 Å². The Morgan fingerprint density at radius 3 is 1.71 bits per heavy atom. The summed E-state index contributed by atoms with van der Waals surface area (Å²) in [7, 11) is 0. The Labute approximate surface area is 191 Å². The van der Waals surface area contributed by atoms with Gasteiger partial charge < -0.3 is 9.13 Å². The average molecular weight is 436 g/mol. The summed E-state index contributed by atoms with van der Waals surface area (Å²) in [4.78, 5) is 5.13. The van der Waals surface area contributed by atoms with E-state index in [0.29, 0.717) is 11.8 Å². The van der Waals surface area contributed by atoms with Crippen molar-refractivity contribution in [1.82, 2.24) is 14.1 Å². The molecule has 0 aromatic carbocycles. The summed E-state index contributed by atoms with van der Waals surface area (Å²) in [6, 6.07) is 13.2. The molecule has 0 atom stereocenters. The molecular weight excluding hydrogens is 402 g/mol. The van der Waals surface area contributed by atoms with E-state index < -0.39 is 0 Å². The molecule has 4 rings (SSSR count). The summed E-state index contributed by atoms with van der Waals surface area (Å²) in [5.41, 5.74) is 7.45. The highest BCUT2D eigenvalue weighted by atomic mass is 35.5. The largest absolute Gasteiger partial charge is 0.303 e. The number of rotatable bonds is 5. The normalized spacial score (nSPS) is 16.0. The van der Waals surface area contributed by atoms with Crippen molar-refractivity contribution in [3.63, 3.8) is 0 Å². The molecule has 1 aliphatic rings. The number of hydrogen-bond donors (Lipinski definition) is 0. The number of aryl methyl sites for hydroxylation is 4. The second-order valence-corrected chi connectivity index (χ2v) is 9.29. The van der Waals surface area contributed by atoms with E-state index in [1.54, 1.807) is 0 Å². The molecule has 31 heavy (non-hydrogen) atoms. The maximum absolute atomic E-state index is 6.28. The smallest absolute Gasteiger partial charge is 0.140 e. The van der Waals surface area contributed by atoms with Gasteiger partial charge in [-0.3, -0.25) is 0 Å². The summed E-state index contributed by atoms with van der Waals surface area (Å²) < 4.78 is 4.51. The van der Waals surface area contributed by atoms with Crippen LogP contribution < -0.4 is 0 Å². The van der Waals surface area contributed by atoms with Crippen molar-refractivity contribution in [1.29, 1.82) is 0 Å². The molecule has 0 saturated heterocycles. The highest BCUT2D eigenvalue weighted by Crippen LogP contribution is 2.36. The third-order valence-electron chi connectivity index (χ3n) is 6.72. The van der Waals surface area contributed by atoms with Crippen LogP contribution in [0.25, 0.3) is 17.2 Å². The number of halogens is 1. The zero-order valence-corrected chi connectivity index (χ0v) is 20.0. The second-order valence-electron chi connectivity index (χ2n) is 8.98. The van der Waals surface area contributed by atoms with Crippen LogP contribution in [0.3, 0.4) is 0 Å². The number of hydrogen-bond acceptors (Lipinski definition) is 1. The maximum Gasteiger partial charge on any atom is 0.140 e. The molecule has 3 nitrogen and oxygen atoms in total. The summed E-state index contributed by atoms with van der Waals surface area (Å²) >= 11 is 6.28. The fourth-order valence-corrected chi connectivity index (χ4v) is 5.32. The minimum Gasteiger partial charge on any atom is -0.303 e. The predicted octanol–water partition coefficient (Wildman–Crippen LogP) is 7.49. The number of pyridine rings is 1. The zero-order valence-electron chi connectivity index (χ0n) is 19.3. The van der Waals surface area contributed by atoms with Gasteiger partial charge in [-0.05, 0) is 94.0 Å². The minimum absolute atomic E-state index is 0.544. The van der Waals surface area contributed by atoms with Crippen LogP contribution in [0.2, 0.25) is 0 Å². The molecule has 1 fully saturated rings. The Balaban J connectivity index is 1.91. The van der Waals surface area contributed by atoms with Crippen LogP contribution in [0.4, 0.5) is 0 Å². The summed E-state index contributed by atoms with van der Waals surface area (Å²) in [5, 5.41) is 0. The maximum atomic E-state index is 6.28. The first-order valence-corrected chi connectivity index (χ1v) is 12.1. The Bertz CT molecular complexity index is 975. The molecule has 0 unspecified atom stereocenters. The summed E-state index contributed by atoms with van der Waals surface area (Å²) in [5.74, 6) is 3.08. The molecule has 0 spiro atoms. The van der Waals surface area contributed by atoms with Crippen molar-refractivity contribution in [3.8, 4) is 11.6 Å². The fourth-order valence-electron chi connectivity index (χ4n) is 5.15. The lowest BCUT2D eigenvalue weighted by atomic mass is 9.87. The number of alkyl halides is 1. The van der Waals surface area contributed by atoms with E-state index in [1.807, 2.05) is 0 Å². The molecule has 0 radical (unpaired) electrons. The fraction of sp³-hybridized carbons (Fsp3) is 0.444. The van der Waals surface area contributed by atoms with Gasteiger partial charge in [0.25, 0.3) is 0 Å². The van der Waals surface area contributed by atoms with Crippen LogP contribution in [0, 0.1) is 33.6 Å². The first kappa shape index (κ1) is 22.0. The second kappa shape index (κ2) is 9.48. The topological polar surface area (TPSA) is 22.8 Å². The van der Waals surface area contributed by atoms with E-state index in [1.165, 1.54) is 72.4 Å². The van der Waals surface area contributed by atoms with E-state index >= 15 is 0 Å². The van der Waals surface area contributed by atoms with Crippen molar-refractivity contribution in [3.05, 3.63) is 70.8 Å². The Morgan fingerprint density at radius 1 is 0.839 bits per heavy atom. The molecule has 4 heteroatoms. The van der Waals surface area contributed by atoms with Gasteiger partial charge >= 0.3 is 0 Å². The quantitative estimate of drug-likeness (QED) is 0.300. The van der Waals surface area contributed by atoms with Crippen LogP contribution in [0.15, 0.2) is 42.5 Å². The molecule has 3 heterocycles. The van der Waals surface area contributed by atoms with Crippen molar-refractivity contribution in [2.24, 2.45) is 5.92 Å². The Kier molecular flexibility index (Phi) is 6.71. The van der Waals surface area contributed by atoms with E-state index in [-0.39, 0.29) is 0 Å². The van der Waals surface area contributed by atoms with Gasteiger partial charge in [0, 0.05) is 28.7 Å². The zero-order chi connectivity index (χ0) is 22.0. The van der Waals surface area contributed by atoms with Gasteiger partial charge in [0.15, 0.2) is 0 Å². The molecule has 3 aromatic heterocycles. The van der Waals surface area contributed by atoms with E-state index in [9.17, 15) is 0 Å². The van der Waals surface area contributed by atoms with Crippen molar-refractivity contribution >= 4 is 17.2 Å². The van der Waals surface area contributed by atoms with Crippen LogP contribution in [0.1, 0.15) is 66.9 Å². The molecule has 0 N–H and O–H groups in total. The van der Waals surface area contributed by atoms with E-state index in [0.717, 1.165) is 11.6 Å². The van der Waals surface area contributed by atoms with Gasteiger partial charge in [-0.15, -0.1) is 11.6 Å². The molecule has 1 saturated carbocycles. The minimum atomic E-state index is 0.544. The van der Waals surface area contributed by atoms with Crippen molar-refractivity contribution in [2.45, 2.75) is 66.2 Å². The van der Waals surface area contributed by atoms with Gasteiger partial charge in [-0.2, -0.15) is 0 Å². The van der Waals surface area contributed by atoms with Gasteiger partial charge in [-0.1, -0.05) is 31.8 Å². The monoisotopic (exact) mass is 435 g/mol. The van der Waals surface area contributed by atoms with Gasteiger partial charge in [0.1, 0.15) is 11.6 Å². The van der Waals surface area contributed by atoms with Gasteiger partial charge in [-0.25, -0.2) is 4.98 Å². The SMILES string of the molecule is Cc1ccc(C)n1-c1cc(/C(=C\CCl)C2CCCCCC2)cc(-n2c(C)ccc2C)n1. The molecule has 0 aliphatic heterocycles. The van der Waals surface area contributed by atoms with Gasteiger partial charge in [0.05, 0.1) is 0 Å². The number of aromatic nitrogens is 3. The molecule has 3 aromatic rings. The lowest BCUT2D eigenvalue weighted by Crippen LogP contribution is -2.10. The van der Waals surface area contributed by atoms with Crippen molar-refractivity contribution in [2.75, 3.05) is 5.88 Å². The van der Waals surface area contributed by atoms with Crippen LogP contribution >= 0.6 is 11.6 Å². The Hall–Kier alpha value is -2.26. The third-order valence-corrected chi connectivity index (χ3v) is 6.88. The van der Waals surface area contributed by atoms with Crippen molar-refractivity contribution < 1.29 is 0 Å². The van der Waals surface area contributed by atoms with Crippen LogP contribution in [0.5, 0.6) is 0 Å². The molecule has 0 bridgehead atoms. The summed E-state index contributed by atoms with van der Waals surface area (Å²) in [6.07, 6.45) is 10.0. The lowest BCUT2D eigenvalue weighted by molar-refractivity contribution is 0.574. The number of nitrogens with zero attached hydrogens (tertiary/aromatic N) is 3. The van der Waals surface area contributed by atoms with E-state index in [2.05, 4.69) is 79.3 Å². The molecular formula is C27H34ClN3. The third kappa shape index (κ3) is 4.52. The lowest BCUT2D eigenvalue weighted by Gasteiger charge is -2.22. The van der Waals surface area contributed by atoms with Gasteiger partial charge in [0.2, 0.25) is 0 Å². The average Bonchev–Trinajstić information content (AvgIpc) is 3.13. The number of allylic oxidation sites excluding steroid dienone is 2. The first-order valence-electron chi connectivity index (χ1n) is 11.6. The van der Waals surface area contributed by atoms with E-state index in [4.69, 9.17) is 16.6 Å².